The first-order valence-corrected chi connectivity index (χ1v) is 7.68. The van der Waals surface area contributed by atoms with Gasteiger partial charge in [0.15, 0.2) is 5.03 Å². The van der Waals surface area contributed by atoms with E-state index in [2.05, 4.69) is 15.0 Å². The van der Waals surface area contributed by atoms with Crippen LogP contribution >= 0.6 is 12.4 Å². The maximum atomic E-state index is 12.0. The molecule has 2 N–H and O–H groups in total. The summed E-state index contributed by atoms with van der Waals surface area (Å²) in [6, 6.07) is 0. The van der Waals surface area contributed by atoms with Gasteiger partial charge in [-0.2, -0.15) is 0 Å². The van der Waals surface area contributed by atoms with Crippen LogP contribution in [0.3, 0.4) is 0 Å². The van der Waals surface area contributed by atoms with E-state index in [-0.39, 0.29) is 17.4 Å². The van der Waals surface area contributed by atoms with Gasteiger partial charge in [-0.3, -0.25) is 0 Å². The van der Waals surface area contributed by atoms with Crippen molar-refractivity contribution >= 4 is 22.4 Å². The Morgan fingerprint density at radius 3 is 2.84 bits per heavy atom. The minimum atomic E-state index is -3.46. The molecule has 1 fully saturated rings. The first-order valence-electron chi connectivity index (χ1n) is 6.19. The first kappa shape index (κ1) is 16.4. The molecule has 2 rings (SSSR count). The third-order valence-electron chi connectivity index (χ3n) is 3.37. The molecule has 1 aliphatic heterocycles. The average Bonchev–Trinajstić information content (AvgIpc) is 2.90. The van der Waals surface area contributed by atoms with Gasteiger partial charge in [0.25, 0.3) is 10.0 Å². The second kappa shape index (κ2) is 6.69. The Morgan fingerprint density at radius 2 is 2.32 bits per heavy atom. The monoisotopic (exact) mass is 308 g/mol. The summed E-state index contributed by atoms with van der Waals surface area (Å²) in [5.74, 6) is 1.27. The Hall–Kier alpha value is -0.630. The third-order valence-corrected chi connectivity index (χ3v) is 4.70. The van der Waals surface area contributed by atoms with E-state index in [0.717, 1.165) is 25.9 Å². The topological polar surface area (TPSA) is 76.0 Å². The van der Waals surface area contributed by atoms with Crippen LogP contribution in [-0.2, 0) is 17.1 Å². The SMILES string of the molecule is Cc1nc(S(=O)(=O)NCCC2CCNC2)cn1C.Cl. The molecular formula is C11H21ClN4O2S. The number of aromatic nitrogens is 2. The van der Waals surface area contributed by atoms with Crippen LogP contribution in [0.15, 0.2) is 11.2 Å². The number of rotatable bonds is 5. The highest BCUT2D eigenvalue weighted by atomic mass is 35.5. The van der Waals surface area contributed by atoms with E-state index < -0.39 is 10.0 Å². The van der Waals surface area contributed by atoms with Gasteiger partial charge in [-0.25, -0.2) is 18.1 Å². The molecule has 0 radical (unpaired) electrons. The molecule has 110 valence electrons. The normalized spacial score (nSPS) is 19.4. The third kappa shape index (κ3) is 4.17. The van der Waals surface area contributed by atoms with E-state index in [9.17, 15) is 8.42 Å². The zero-order chi connectivity index (χ0) is 13.2. The number of sulfonamides is 1. The minimum absolute atomic E-state index is 0. The predicted molar refractivity (Wildman–Crippen MR) is 76.0 cm³/mol. The van der Waals surface area contributed by atoms with Gasteiger partial charge in [-0.15, -0.1) is 12.4 Å². The van der Waals surface area contributed by atoms with Crippen LogP contribution in [0.5, 0.6) is 0 Å². The van der Waals surface area contributed by atoms with Crippen molar-refractivity contribution in [2.75, 3.05) is 19.6 Å². The molecule has 0 amide bonds. The van der Waals surface area contributed by atoms with Crippen LogP contribution in [0.4, 0.5) is 0 Å². The maximum absolute atomic E-state index is 12.0. The van der Waals surface area contributed by atoms with Crippen LogP contribution in [0.2, 0.25) is 0 Å². The average molecular weight is 309 g/mol. The molecule has 8 heteroatoms. The van der Waals surface area contributed by atoms with Crippen molar-refractivity contribution in [3.63, 3.8) is 0 Å². The number of halogens is 1. The fourth-order valence-electron chi connectivity index (χ4n) is 2.09. The van der Waals surface area contributed by atoms with E-state index in [4.69, 9.17) is 0 Å². The zero-order valence-corrected chi connectivity index (χ0v) is 12.9. The molecule has 1 atom stereocenters. The van der Waals surface area contributed by atoms with Crippen LogP contribution in [0.1, 0.15) is 18.7 Å². The molecule has 1 saturated heterocycles. The van der Waals surface area contributed by atoms with Gasteiger partial charge >= 0.3 is 0 Å². The number of aryl methyl sites for hydroxylation is 2. The number of hydrogen-bond donors (Lipinski definition) is 2. The molecule has 0 saturated carbocycles. The summed E-state index contributed by atoms with van der Waals surface area (Å²) in [6.45, 7) is 4.29. The van der Waals surface area contributed by atoms with Gasteiger partial charge in [0.1, 0.15) is 5.82 Å². The summed E-state index contributed by atoms with van der Waals surface area (Å²) in [5, 5.41) is 3.37. The highest BCUT2D eigenvalue weighted by Crippen LogP contribution is 2.12. The Bertz CT molecular complexity index is 489. The summed E-state index contributed by atoms with van der Waals surface area (Å²) in [7, 11) is -1.67. The van der Waals surface area contributed by atoms with Crippen LogP contribution in [0, 0.1) is 12.8 Å². The second-order valence-electron chi connectivity index (χ2n) is 4.78. The second-order valence-corrected chi connectivity index (χ2v) is 6.50. The van der Waals surface area contributed by atoms with Crippen molar-refractivity contribution in [2.45, 2.75) is 24.8 Å². The molecule has 0 spiro atoms. The Labute approximate surface area is 120 Å². The lowest BCUT2D eigenvalue weighted by molar-refractivity contribution is 0.518. The first-order chi connectivity index (χ1) is 8.49. The highest BCUT2D eigenvalue weighted by molar-refractivity contribution is 7.89. The molecular weight excluding hydrogens is 288 g/mol. The molecule has 1 aromatic rings. The largest absolute Gasteiger partial charge is 0.337 e. The number of imidazole rings is 1. The fraction of sp³-hybridized carbons (Fsp3) is 0.727. The molecule has 0 aromatic carbocycles. The number of nitrogens with zero attached hydrogens (tertiary/aromatic N) is 2. The highest BCUT2D eigenvalue weighted by Gasteiger charge is 2.19. The summed E-state index contributed by atoms with van der Waals surface area (Å²) >= 11 is 0. The molecule has 1 unspecified atom stereocenters. The van der Waals surface area contributed by atoms with Crippen LogP contribution < -0.4 is 10.0 Å². The quantitative estimate of drug-likeness (QED) is 0.827. The summed E-state index contributed by atoms with van der Waals surface area (Å²) in [6.07, 6.45) is 3.54. The molecule has 1 aliphatic rings. The van der Waals surface area contributed by atoms with E-state index in [1.165, 1.54) is 6.20 Å². The van der Waals surface area contributed by atoms with E-state index in [1.807, 2.05) is 0 Å². The summed E-state index contributed by atoms with van der Waals surface area (Å²) < 4.78 is 28.3. The summed E-state index contributed by atoms with van der Waals surface area (Å²) in [4.78, 5) is 4.03. The van der Waals surface area contributed by atoms with Gasteiger partial charge in [-0.05, 0) is 38.8 Å². The molecule has 0 aliphatic carbocycles. The van der Waals surface area contributed by atoms with E-state index >= 15 is 0 Å². The van der Waals surface area contributed by atoms with Crippen molar-refractivity contribution < 1.29 is 8.42 Å². The molecule has 19 heavy (non-hydrogen) atoms. The predicted octanol–water partition coefficient (Wildman–Crippen LogP) is 0.428. The van der Waals surface area contributed by atoms with Gasteiger partial charge in [-0.1, -0.05) is 0 Å². The van der Waals surface area contributed by atoms with E-state index in [1.54, 1.807) is 18.5 Å². The molecule has 0 bridgehead atoms. The van der Waals surface area contributed by atoms with E-state index in [0.29, 0.717) is 18.3 Å². The van der Waals surface area contributed by atoms with Gasteiger partial charge in [0.2, 0.25) is 0 Å². The van der Waals surface area contributed by atoms with Crippen molar-refractivity contribution in [1.29, 1.82) is 0 Å². The van der Waals surface area contributed by atoms with Gasteiger partial charge in [0.05, 0.1) is 0 Å². The number of nitrogens with one attached hydrogen (secondary N) is 2. The smallest absolute Gasteiger partial charge is 0.259 e. The van der Waals surface area contributed by atoms with Crippen molar-refractivity contribution in [1.82, 2.24) is 19.6 Å². The van der Waals surface area contributed by atoms with Crippen molar-refractivity contribution in [3.05, 3.63) is 12.0 Å². The standard InChI is InChI=1S/C11H20N4O2S.ClH/c1-9-14-11(8-15(9)2)18(16,17)13-6-4-10-3-5-12-7-10;/h8,10,12-13H,3-7H2,1-2H3;1H. The van der Waals surface area contributed by atoms with Gasteiger partial charge in [0, 0.05) is 19.8 Å². The lowest BCUT2D eigenvalue weighted by Crippen LogP contribution is -2.27. The Kier molecular flexibility index (Phi) is 5.79. The lowest BCUT2D eigenvalue weighted by atomic mass is 10.1. The van der Waals surface area contributed by atoms with Crippen molar-refractivity contribution in [2.24, 2.45) is 13.0 Å². The van der Waals surface area contributed by atoms with Gasteiger partial charge < -0.3 is 9.88 Å². The molecule has 1 aromatic heterocycles. The zero-order valence-electron chi connectivity index (χ0n) is 11.2. The Balaban J connectivity index is 0.00000180. The van der Waals surface area contributed by atoms with Crippen LogP contribution in [0.25, 0.3) is 0 Å². The molecule has 6 nitrogen and oxygen atoms in total. The fourth-order valence-corrected chi connectivity index (χ4v) is 3.17. The Morgan fingerprint density at radius 1 is 1.58 bits per heavy atom. The minimum Gasteiger partial charge on any atom is -0.337 e. The van der Waals surface area contributed by atoms with Crippen molar-refractivity contribution in [3.8, 4) is 0 Å². The molecule has 2 heterocycles. The summed E-state index contributed by atoms with van der Waals surface area (Å²) in [5.41, 5.74) is 0. The van der Waals surface area contributed by atoms with Crippen LogP contribution in [-0.4, -0.2) is 37.6 Å². The maximum Gasteiger partial charge on any atom is 0.259 e. The lowest BCUT2D eigenvalue weighted by Gasteiger charge is -2.08. The number of hydrogen-bond acceptors (Lipinski definition) is 4.